The number of aromatic nitrogens is 2. The maximum absolute atomic E-state index is 12.7. The third kappa shape index (κ3) is 5.70. The lowest BCUT2D eigenvalue weighted by atomic mass is 10.0. The van der Waals surface area contributed by atoms with Crippen molar-refractivity contribution in [3.63, 3.8) is 0 Å². The van der Waals surface area contributed by atoms with Crippen LogP contribution in [0.15, 0.2) is 119 Å². The lowest BCUT2D eigenvalue weighted by molar-refractivity contribution is 0.448. The number of fused-ring (bicyclic) bond motifs is 9. The first-order valence-electron chi connectivity index (χ1n) is 16.1. The highest BCUT2D eigenvalue weighted by Crippen LogP contribution is 2.46. The van der Waals surface area contributed by atoms with E-state index in [2.05, 4.69) is 9.97 Å². The molecule has 0 radical (unpaired) electrons. The van der Waals surface area contributed by atoms with E-state index in [1.807, 2.05) is 24.3 Å². The maximum atomic E-state index is 12.7. The smallest absolute Gasteiger partial charge is 0.298 e. The number of rotatable bonds is 6. The Morgan fingerprint density at radius 3 is 1.36 bits per heavy atom. The summed E-state index contributed by atoms with van der Waals surface area (Å²) in [6.07, 6.45) is 3.56. The van der Waals surface area contributed by atoms with Crippen LogP contribution in [0.5, 0.6) is 23.0 Å². The molecular formula is C39H26N4O8S2. The summed E-state index contributed by atoms with van der Waals surface area (Å²) < 4.78 is 83.5. The summed E-state index contributed by atoms with van der Waals surface area (Å²) in [4.78, 5) is 7.92. The number of pyridine rings is 2. The Labute approximate surface area is 301 Å². The third-order valence-corrected chi connectivity index (χ3v) is 11.1. The van der Waals surface area contributed by atoms with Crippen molar-refractivity contribution in [2.75, 3.05) is 11.5 Å². The number of nitrogens with two attached hydrogens (primary N) is 2. The zero-order valence-electron chi connectivity index (χ0n) is 27.3. The quantitative estimate of drug-likeness (QED) is 0.0729. The Bertz CT molecular complexity index is 2920. The van der Waals surface area contributed by atoms with Crippen molar-refractivity contribution in [1.82, 2.24) is 9.97 Å². The van der Waals surface area contributed by atoms with Crippen molar-refractivity contribution in [2.45, 2.75) is 16.2 Å². The first-order valence-corrected chi connectivity index (χ1v) is 19.0. The van der Waals surface area contributed by atoms with Gasteiger partial charge in [-0.05, 0) is 124 Å². The molecule has 8 aromatic rings. The Morgan fingerprint density at radius 1 is 0.528 bits per heavy atom. The van der Waals surface area contributed by atoms with Gasteiger partial charge in [0.1, 0.15) is 32.8 Å². The largest absolute Gasteiger partial charge is 0.456 e. The molecule has 0 atom stereocenters. The van der Waals surface area contributed by atoms with E-state index in [0.29, 0.717) is 45.1 Å². The number of benzene rings is 6. The van der Waals surface area contributed by atoms with E-state index in [4.69, 9.17) is 20.9 Å². The van der Waals surface area contributed by atoms with Crippen molar-refractivity contribution < 1.29 is 35.4 Å². The zero-order valence-corrected chi connectivity index (χ0v) is 28.9. The molecule has 6 aromatic carbocycles. The van der Waals surface area contributed by atoms with Crippen molar-refractivity contribution in [1.29, 1.82) is 0 Å². The molecule has 1 aliphatic carbocycles. The fourth-order valence-corrected chi connectivity index (χ4v) is 8.22. The SMILES string of the molecule is Nc1ccc2c(c1)ncc1cc(Oc3cc4c(cc3S(=O)(=O)O)-c3cc(S(=O)(=O)O)c(Oc5ccc6c(cnc7cc(N)ccc76)c5)cc3C4)ccc12. The van der Waals surface area contributed by atoms with Gasteiger partial charge >= 0.3 is 0 Å². The number of hydrogen-bond acceptors (Lipinski definition) is 10. The molecule has 12 nitrogen and oxygen atoms in total. The van der Waals surface area contributed by atoms with Crippen LogP contribution in [0.1, 0.15) is 11.1 Å². The van der Waals surface area contributed by atoms with Crippen LogP contribution in [0.4, 0.5) is 11.4 Å². The zero-order chi connectivity index (χ0) is 36.8. The Morgan fingerprint density at radius 2 is 0.943 bits per heavy atom. The monoisotopic (exact) mass is 742 g/mol. The Hall–Kier alpha value is -6.32. The first kappa shape index (κ1) is 32.6. The molecule has 0 bridgehead atoms. The molecule has 0 unspecified atom stereocenters. The van der Waals surface area contributed by atoms with Crippen molar-refractivity contribution in [2.24, 2.45) is 0 Å². The van der Waals surface area contributed by atoms with E-state index in [1.165, 1.54) is 24.3 Å². The van der Waals surface area contributed by atoms with Gasteiger partial charge in [0.25, 0.3) is 20.2 Å². The van der Waals surface area contributed by atoms with Gasteiger partial charge in [-0.1, -0.05) is 12.1 Å². The van der Waals surface area contributed by atoms with Gasteiger partial charge in [-0.25, -0.2) is 0 Å². The summed E-state index contributed by atoms with van der Waals surface area (Å²) in [5.41, 5.74) is 16.3. The normalized spacial score (nSPS) is 12.7. The second kappa shape index (κ2) is 11.6. The van der Waals surface area contributed by atoms with Gasteiger partial charge < -0.3 is 20.9 Å². The molecule has 2 aromatic heterocycles. The number of ether oxygens (including phenoxy) is 2. The molecule has 0 fully saturated rings. The maximum Gasteiger partial charge on any atom is 0.298 e. The minimum atomic E-state index is -4.83. The lowest BCUT2D eigenvalue weighted by Crippen LogP contribution is -2.03. The summed E-state index contributed by atoms with van der Waals surface area (Å²) in [5, 5.41) is 4.98. The molecule has 0 aliphatic heterocycles. The predicted octanol–water partition coefficient (Wildman–Crippen LogP) is 7.90. The van der Waals surface area contributed by atoms with Crippen LogP contribution in [0, 0.1) is 0 Å². The fraction of sp³-hybridized carbons (Fsp3) is 0.0256. The fourth-order valence-electron chi connectivity index (χ4n) is 6.98. The van der Waals surface area contributed by atoms with Gasteiger partial charge in [0.15, 0.2) is 0 Å². The van der Waals surface area contributed by atoms with Crippen LogP contribution in [0.25, 0.3) is 54.5 Å². The van der Waals surface area contributed by atoms with Crippen LogP contribution < -0.4 is 20.9 Å². The van der Waals surface area contributed by atoms with Crippen LogP contribution in [-0.4, -0.2) is 35.9 Å². The second-order valence-electron chi connectivity index (χ2n) is 12.8. The summed E-state index contributed by atoms with van der Waals surface area (Å²) in [5.74, 6) is 0.320. The molecule has 0 spiro atoms. The molecule has 53 heavy (non-hydrogen) atoms. The molecule has 1 aliphatic rings. The second-order valence-corrected chi connectivity index (χ2v) is 15.6. The number of hydrogen-bond donors (Lipinski definition) is 4. The van der Waals surface area contributed by atoms with Crippen LogP contribution in [0.2, 0.25) is 0 Å². The number of nitrogens with zero attached hydrogens (tertiary/aromatic N) is 2. The number of nitrogen functional groups attached to an aromatic ring is 2. The van der Waals surface area contributed by atoms with Gasteiger partial charge in [-0.3, -0.25) is 19.1 Å². The van der Waals surface area contributed by atoms with Gasteiger partial charge in [0.2, 0.25) is 0 Å². The molecule has 6 N–H and O–H groups in total. The molecule has 0 amide bonds. The number of anilines is 2. The van der Waals surface area contributed by atoms with Gasteiger partial charge in [0, 0.05) is 45.3 Å². The topological polar surface area (TPSA) is 205 Å². The molecule has 0 saturated heterocycles. The molecule has 0 saturated carbocycles. The lowest BCUT2D eigenvalue weighted by Gasteiger charge is -2.14. The van der Waals surface area contributed by atoms with E-state index in [9.17, 15) is 25.9 Å². The summed E-state index contributed by atoms with van der Waals surface area (Å²) >= 11 is 0. The van der Waals surface area contributed by atoms with E-state index in [-0.39, 0.29) is 17.9 Å². The van der Waals surface area contributed by atoms with Crippen molar-refractivity contribution in [3.8, 4) is 34.1 Å². The molecule has 9 rings (SSSR count). The molecular weight excluding hydrogens is 717 g/mol. The van der Waals surface area contributed by atoms with E-state index < -0.39 is 30.0 Å². The highest BCUT2D eigenvalue weighted by atomic mass is 32.2. The van der Waals surface area contributed by atoms with Gasteiger partial charge in [-0.15, -0.1) is 0 Å². The third-order valence-electron chi connectivity index (χ3n) is 9.38. The van der Waals surface area contributed by atoms with Crippen LogP contribution in [-0.2, 0) is 26.7 Å². The Balaban J connectivity index is 1.09. The average molecular weight is 743 g/mol. The highest BCUT2D eigenvalue weighted by Gasteiger charge is 2.30. The minimum Gasteiger partial charge on any atom is -0.456 e. The average Bonchev–Trinajstić information content (AvgIpc) is 3.45. The summed E-state index contributed by atoms with van der Waals surface area (Å²) in [6.45, 7) is 0. The van der Waals surface area contributed by atoms with Crippen molar-refractivity contribution >= 4 is 75.0 Å². The van der Waals surface area contributed by atoms with Crippen LogP contribution in [0.3, 0.4) is 0 Å². The summed E-state index contributed by atoms with van der Waals surface area (Å²) in [6, 6.07) is 26.7. The minimum absolute atomic E-state index is 0.133. The predicted molar refractivity (Wildman–Crippen MR) is 202 cm³/mol. The standard InChI is InChI=1S/C39H26N4O8S2/c40-24-1-5-30-28-7-3-26(10-22(28)18-42-34(30)14-24)50-36-12-20-9-21-13-37(39(53(47,48)49)17-33(21)32(20)16-38(36)52(44,45)46)51-27-4-8-29-23(11-27)19-43-35-15-25(41)2-6-31(29)35/h1-8,10-19H,9,40-41H2,(H,44,45,46)(H,47,48,49). The summed E-state index contributed by atoms with van der Waals surface area (Å²) in [7, 11) is -9.65. The van der Waals surface area contributed by atoms with Crippen LogP contribution >= 0.6 is 0 Å². The van der Waals surface area contributed by atoms with Crippen molar-refractivity contribution in [3.05, 3.63) is 121 Å². The van der Waals surface area contributed by atoms with Gasteiger partial charge in [0.05, 0.1) is 11.0 Å². The van der Waals surface area contributed by atoms with Gasteiger partial charge in [-0.2, -0.15) is 16.8 Å². The van der Waals surface area contributed by atoms with E-state index in [1.54, 1.807) is 60.9 Å². The van der Waals surface area contributed by atoms with E-state index in [0.717, 1.165) is 43.4 Å². The molecule has 2 heterocycles. The first-order chi connectivity index (χ1) is 25.3. The molecule has 262 valence electrons. The molecule has 14 heteroatoms. The Kier molecular flexibility index (Phi) is 7.13. The highest BCUT2D eigenvalue weighted by molar-refractivity contribution is 7.86. The van der Waals surface area contributed by atoms with E-state index >= 15 is 0 Å².